The smallest absolute Gasteiger partial charge is 0.150 e. The molecule has 0 aliphatic carbocycles. The predicted octanol–water partition coefficient (Wildman–Crippen LogP) is 0.626. The minimum Gasteiger partial charge on any atom is -0.316 e. The predicted molar refractivity (Wildman–Crippen MR) is 64.1 cm³/mol. The van der Waals surface area contributed by atoms with E-state index in [9.17, 15) is 13.2 Å². The van der Waals surface area contributed by atoms with Crippen molar-refractivity contribution in [3.05, 3.63) is 0 Å². The Labute approximate surface area is 97.7 Å². The highest BCUT2D eigenvalue weighted by molar-refractivity contribution is 7.91. The first-order valence-corrected chi connectivity index (χ1v) is 7.72. The van der Waals surface area contributed by atoms with Gasteiger partial charge in [0.05, 0.1) is 5.75 Å². The van der Waals surface area contributed by atoms with Crippen LogP contribution in [0.15, 0.2) is 0 Å². The van der Waals surface area contributed by atoms with Crippen molar-refractivity contribution in [1.29, 1.82) is 0 Å². The number of hydrogen-bond acceptors (Lipinski definition) is 4. The molecule has 1 rings (SSSR count). The minimum absolute atomic E-state index is 0.0110. The van der Waals surface area contributed by atoms with Gasteiger partial charge in [0.1, 0.15) is 5.78 Å². The Balaban J connectivity index is 2.41. The topological polar surface area (TPSA) is 63.2 Å². The molecule has 0 amide bonds. The third-order valence-electron chi connectivity index (χ3n) is 3.11. The molecule has 5 heteroatoms. The lowest BCUT2D eigenvalue weighted by atomic mass is 9.92. The molecule has 1 aliphatic rings. The van der Waals surface area contributed by atoms with Crippen LogP contribution in [0.3, 0.4) is 0 Å². The summed E-state index contributed by atoms with van der Waals surface area (Å²) in [4.78, 5) is 11.8. The average Bonchev–Trinajstić information content (AvgIpc) is 2.61. The summed E-state index contributed by atoms with van der Waals surface area (Å²) in [5.74, 6) is 0.650. The molecule has 2 unspecified atom stereocenters. The van der Waals surface area contributed by atoms with Gasteiger partial charge in [0.15, 0.2) is 9.84 Å². The van der Waals surface area contributed by atoms with Crippen LogP contribution in [0.25, 0.3) is 0 Å². The van der Waals surface area contributed by atoms with Gasteiger partial charge in [0, 0.05) is 24.6 Å². The number of ketones is 1. The van der Waals surface area contributed by atoms with E-state index in [4.69, 9.17) is 0 Å². The molecule has 2 atom stereocenters. The van der Waals surface area contributed by atoms with Crippen molar-refractivity contribution >= 4 is 15.6 Å². The molecular weight excluding hydrogens is 226 g/mol. The van der Waals surface area contributed by atoms with Crippen LogP contribution >= 0.6 is 0 Å². The van der Waals surface area contributed by atoms with Crippen LogP contribution in [0, 0.1) is 11.8 Å². The van der Waals surface area contributed by atoms with Gasteiger partial charge in [-0.1, -0.05) is 13.8 Å². The minimum atomic E-state index is -3.01. The van der Waals surface area contributed by atoms with Gasteiger partial charge in [0.2, 0.25) is 0 Å². The molecule has 0 aromatic carbocycles. The Bertz CT molecular complexity index is 337. The molecule has 0 radical (unpaired) electrons. The summed E-state index contributed by atoms with van der Waals surface area (Å²) in [7, 11) is -3.01. The molecule has 0 aromatic rings. The van der Waals surface area contributed by atoms with Gasteiger partial charge in [-0.25, -0.2) is 8.42 Å². The maximum Gasteiger partial charge on any atom is 0.150 e. The summed E-state index contributed by atoms with van der Waals surface area (Å²) in [5.41, 5.74) is 0. The van der Waals surface area contributed by atoms with Gasteiger partial charge in [0.25, 0.3) is 0 Å². The van der Waals surface area contributed by atoms with Gasteiger partial charge in [-0.05, 0) is 18.9 Å². The molecule has 0 spiro atoms. The van der Waals surface area contributed by atoms with Crippen LogP contribution in [-0.2, 0) is 14.6 Å². The molecule has 16 heavy (non-hydrogen) atoms. The second-order valence-electron chi connectivity index (χ2n) is 4.61. The Kier molecular flexibility index (Phi) is 4.92. The van der Waals surface area contributed by atoms with Crippen LogP contribution in [0.2, 0.25) is 0 Å². The van der Waals surface area contributed by atoms with E-state index in [1.807, 2.05) is 13.8 Å². The third kappa shape index (κ3) is 3.87. The molecule has 4 nitrogen and oxygen atoms in total. The number of carbonyl (C=O) groups excluding carboxylic acids is 1. The fourth-order valence-corrected chi connectivity index (χ4v) is 3.43. The van der Waals surface area contributed by atoms with Gasteiger partial charge >= 0.3 is 0 Å². The highest BCUT2D eigenvalue weighted by Gasteiger charge is 2.29. The first kappa shape index (κ1) is 13.6. The van der Waals surface area contributed by atoms with Crippen LogP contribution < -0.4 is 5.32 Å². The number of carbonyl (C=O) groups is 1. The van der Waals surface area contributed by atoms with Crippen LogP contribution in [0.4, 0.5) is 0 Å². The lowest BCUT2D eigenvalue weighted by Crippen LogP contribution is -2.24. The monoisotopic (exact) mass is 247 g/mol. The maximum absolute atomic E-state index is 11.8. The molecule has 94 valence electrons. The summed E-state index contributed by atoms with van der Waals surface area (Å²) in [6, 6.07) is 0. The van der Waals surface area contributed by atoms with Gasteiger partial charge in [-0.2, -0.15) is 0 Å². The highest BCUT2D eigenvalue weighted by atomic mass is 32.2. The molecule has 1 heterocycles. The average molecular weight is 247 g/mol. The SMILES string of the molecule is CCCS(=O)(=O)CCC(=O)C1CNCC1C. The first-order valence-electron chi connectivity index (χ1n) is 5.90. The van der Waals surface area contributed by atoms with Crippen molar-refractivity contribution in [3.8, 4) is 0 Å². The Morgan fingerprint density at radius 2 is 2.00 bits per heavy atom. The van der Waals surface area contributed by atoms with Crippen molar-refractivity contribution in [2.24, 2.45) is 11.8 Å². The number of sulfone groups is 1. The zero-order chi connectivity index (χ0) is 12.2. The quantitative estimate of drug-likeness (QED) is 0.747. The van der Waals surface area contributed by atoms with E-state index in [0.717, 1.165) is 6.54 Å². The van der Waals surface area contributed by atoms with E-state index >= 15 is 0 Å². The molecule has 0 bridgehead atoms. The van der Waals surface area contributed by atoms with Gasteiger partial charge < -0.3 is 5.32 Å². The van der Waals surface area contributed by atoms with E-state index in [1.54, 1.807) is 0 Å². The Morgan fingerprint density at radius 1 is 1.31 bits per heavy atom. The number of hydrogen-bond donors (Lipinski definition) is 1. The van der Waals surface area contributed by atoms with Crippen LogP contribution in [0.5, 0.6) is 0 Å². The summed E-state index contributed by atoms with van der Waals surface area (Å²) in [5, 5.41) is 3.16. The normalized spacial score (nSPS) is 25.9. The van der Waals surface area contributed by atoms with E-state index in [0.29, 0.717) is 18.9 Å². The van der Waals surface area contributed by atoms with E-state index < -0.39 is 9.84 Å². The van der Waals surface area contributed by atoms with Crippen molar-refractivity contribution in [1.82, 2.24) is 5.32 Å². The molecule has 0 aromatic heterocycles. The van der Waals surface area contributed by atoms with E-state index in [-0.39, 0.29) is 29.6 Å². The lowest BCUT2D eigenvalue weighted by molar-refractivity contribution is -0.122. The van der Waals surface area contributed by atoms with Crippen LogP contribution in [-0.4, -0.2) is 38.8 Å². The number of nitrogens with one attached hydrogen (secondary N) is 1. The Morgan fingerprint density at radius 3 is 2.50 bits per heavy atom. The van der Waals surface area contributed by atoms with Gasteiger partial charge in [-0.3, -0.25) is 4.79 Å². The summed E-state index contributed by atoms with van der Waals surface area (Å²) < 4.78 is 22.9. The molecule has 0 saturated carbocycles. The standard InChI is InChI=1S/C11H21NO3S/c1-3-5-16(14,15)6-4-11(13)10-8-12-7-9(10)2/h9-10,12H,3-8H2,1-2H3. The van der Waals surface area contributed by atoms with Crippen molar-refractivity contribution < 1.29 is 13.2 Å². The lowest BCUT2D eigenvalue weighted by Gasteiger charge is -2.12. The van der Waals surface area contributed by atoms with Crippen molar-refractivity contribution in [3.63, 3.8) is 0 Å². The summed E-state index contributed by atoms with van der Waals surface area (Å²) in [6.07, 6.45) is 0.803. The summed E-state index contributed by atoms with van der Waals surface area (Å²) in [6.45, 7) is 5.43. The summed E-state index contributed by atoms with van der Waals surface area (Å²) >= 11 is 0. The zero-order valence-electron chi connectivity index (χ0n) is 10.0. The van der Waals surface area contributed by atoms with E-state index in [1.165, 1.54) is 0 Å². The van der Waals surface area contributed by atoms with Crippen molar-refractivity contribution in [2.45, 2.75) is 26.7 Å². The molecule has 1 N–H and O–H groups in total. The number of Topliss-reactive ketones (excluding diaryl/α,β-unsaturated/α-hetero) is 1. The largest absolute Gasteiger partial charge is 0.316 e. The second kappa shape index (κ2) is 5.77. The molecule has 1 fully saturated rings. The Hall–Kier alpha value is -0.420. The van der Waals surface area contributed by atoms with Gasteiger partial charge in [-0.15, -0.1) is 0 Å². The van der Waals surface area contributed by atoms with E-state index in [2.05, 4.69) is 5.32 Å². The fourth-order valence-electron chi connectivity index (χ4n) is 2.10. The first-order chi connectivity index (χ1) is 7.46. The third-order valence-corrected chi connectivity index (χ3v) is 4.96. The molecule has 1 saturated heterocycles. The molecular formula is C11H21NO3S. The van der Waals surface area contributed by atoms with Crippen molar-refractivity contribution in [2.75, 3.05) is 24.6 Å². The number of rotatable bonds is 6. The highest BCUT2D eigenvalue weighted by Crippen LogP contribution is 2.18. The fraction of sp³-hybridized carbons (Fsp3) is 0.909. The molecule has 1 aliphatic heterocycles. The maximum atomic E-state index is 11.8. The zero-order valence-corrected chi connectivity index (χ0v) is 10.8. The van der Waals surface area contributed by atoms with Crippen LogP contribution in [0.1, 0.15) is 26.7 Å². The second-order valence-corrected chi connectivity index (χ2v) is 6.91.